The van der Waals surface area contributed by atoms with Gasteiger partial charge < -0.3 is 0 Å². The zero-order chi connectivity index (χ0) is 13.2. The first-order valence-corrected chi connectivity index (χ1v) is 7.01. The summed E-state index contributed by atoms with van der Waals surface area (Å²) in [7, 11) is 0. The molecule has 0 fully saturated rings. The summed E-state index contributed by atoms with van der Waals surface area (Å²) in [6.07, 6.45) is 2.97. The van der Waals surface area contributed by atoms with Crippen LogP contribution in [0, 0.1) is 0 Å². The van der Waals surface area contributed by atoms with Gasteiger partial charge in [0.05, 0.1) is 0 Å². The molecule has 98 valence electrons. The monoisotopic (exact) mass is 272 g/mol. The van der Waals surface area contributed by atoms with Crippen LogP contribution in [0.2, 0.25) is 5.15 Å². The summed E-state index contributed by atoms with van der Waals surface area (Å²) in [5.41, 5.74) is 4.01. The van der Waals surface area contributed by atoms with E-state index in [-0.39, 0.29) is 0 Å². The van der Waals surface area contributed by atoms with Gasteiger partial charge in [-0.1, -0.05) is 41.9 Å². The quantitative estimate of drug-likeness (QED) is 0.776. The van der Waals surface area contributed by atoms with Crippen molar-refractivity contribution in [3.05, 3.63) is 64.4 Å². The highest BCUT2D eigenvalue weighted by atomic mass is 35.5. The third kappa shape index (κ3) is 2.80. The maximum Gasteiger partial charge on any atom is 0.129 e. The minimum atomic E-state index is 0.538. The summed E-state index contributed by atoms with van der Waals surface area (Å²) in [5, 5.41) is 0.591. The molecule has 0 spiro atoms. The van der Waals surface area contributed by atoms with E-state index < -0.39 is 0 Å². The van der Waals surface area contributed by atoms with Gasteiger partial charge in [0, 0.05) is 25.3 Å². The Kier molecular flexibility index (Phi) is 3.54. The predicted molar refractivity (Wildman–Crippen MR) is 78.1 cm³/mol. The average molecular weight is 273 g/mol. The lowest BCUT2D eigenvalue weighted by molar-refractivity contribution is 0.175. The lowest BCUT2D eigenvalue weighted by atomic mass is 9.96. The second-order valence-corrected chi connectivity index (χ2v) is 5.61. The van der Waals surface area contributed by atoms with Gasteiger partial charge in [-0.25, -0.2) is 4.98 Å². The largest absolute Gasteiger partial charge is 0.292 e. The molecule has 0 radical (unpaired) electrons. The Bertz CT molecular complexity index is 568. The van der Waals surface area contributed by atoms with Crippen molar-refractivity contribution in [2.75, 3.05) is 0 Å². The fraction of sp³-hybridized carbons (Fsp3) is 0.312. The van der Waals surface area contributed by atoms with Gasteiger partial charge in [-0.05, 0) is 36.1 Å². The number of nitrogens with zero attached hydrogens (tertiary/aromatic N) is 2. The van der Waals surface area contributed by atoms with Crippen molar-refractivity contribution >= 4 is 11.6 Å². The lowest BCUT2D eigenvalue weighted by Crippen LogP contribution is -2.37. The highest BCUT2D eigenvalue weighted by Gasteiger charge is 2.23. The molecule has 0 amide bonds. The second-order valence-electron chi connectivity index (χ2n) is 5.22. The average Bonchev–Trinajstić information content (AvgIpc) is 2.41. The molecule has 2 nitrogen and oxygen atoms in total. The van der Waals surface area contributed by atoms with E-state index >= 15 is 0 Å². The van der Waals surface area contributed by atoms with Crippen LogP contribution in [0.15, 0.2) is 42.6 Å². The first-order valence-electron chi connectivity index (χ1n) is 6.63. The minimum absolute atomic E-state index is 0.538. The molecule has 1 aromatic heterocycles. The molecule has 1 aliphatic rings. The van der Waals surface area contributed by atoms with Crippen LogP contribution in [0.5, 0.6) is 0 Å². The highest BCUT2D eigenvalue weighted by Crippen LogP contribution is 2.25. The van der Waals surface area contributed by atoms with Gasteiger partial charge in [-0.15, -0.1) is 0 Å². The van der Waals surface area contributed by atoms with Crippen molar-refractivity contribution in [3.8, 4) is 0 Å². The smallest absolute Gasteiger partial charge is 0.129 e. The van der Waals surface area contributed by atoms with Crippen LogP contribution in [-0.4, -0.2) is 15.9 Å². The van der Waals surface area contributed by atoms with Gasteiger partial charge in [0.15, 0.2) is 0 Å². The lowest BCUT2D eigenvalue weighted by Gasteiger charge is -2.34. The Morgan fingerprint density at radius 1 is 1.26 bits per heavy atom. The molecule has 19 heavy (non-hydrogen) atoms. The molecule has 0 saturated heterocycles. The van der Waals surface area contributed by atoms with Gasteiger partial charge in [0.25, 0.3) is 0 Å². The summed E-state index contributed by atoms with van der Waals surface area (Å²) in [5.74, 6) is 0. The summed E-state index contributed by atoms with van der Waals surface area (Å²) in [6, 6.07) is 13.2. The molecule has 3 rings (SSSR count). The standard InChI is InChI=1S/C16H17ClN2/c1-12-7-14-9-18-16(17)8-15(14)11-19(12)10-13-5-3-2-4-6-13/h2-6,8-9,12H,7,10-11H2,1H3/t12-/m1/s1. The van der Waals surface area contributed by atoms with E-state index in [9.17, 15) is 0 Å². The first-order chi connectivity index (χ1) is 9.22. The van der Waals surface area contributed by atoms with E-state index in [1.807, 2.05) is 12.3 Å². The summed E-state index contributed by atoms with van der Waals surface area (Å²) in [4.78, 5) is 6.68. The van der Waals surface area contributed by atoms with Gasteiger partial charge in [0.2, 0.25) is 0 Å². The zero-order valence-corrected chi connectivity index (χ0v) is 11.8. The second kappa shape index (κ2) is 5.32. The number of pyridine rings is 1. The molecule has 2 heterocycles. The Labute approximate surface area is 119 Å². The SMILES string of the molecule is C[C@@H]1Cc2cnc(Cl)cc2CN1Cc1ccccc1. The van der Waals surface area contributed by atoms with Gasteiger partial charge in [-0.3, -0.25) is 4.90 Å². The number of benzene rings is 1. The number of rotatable bonds is 2. The van der Waals surface area contributed by atoms with Crippen LogP contribution in [0.25, 0.3) is 0 Å². The zero-order valence-electron chi connectivity index (χ0n) is 11.0. The number of halogens is 1. The summed E-state index contributed by atoms with van der Waals surface area (Å²) < 4.78 is 0. The van der Waals surface area contributed by atoms with Crippen molar-refractivity contribution in [2.24, 2.45) is 0 Å². The molecule has 1 atom stereocenters. The molecule has 2 aromatic rings. The van der Waals surface area contributed by atoms with Crippen molar-refractivity contribution in [3.63, 3.8) is 0 Å². The molecular formula is C16H17ClN2. The predicted octanol–water partition coefficient (Wildman–Crippen LogP) is 3.68. The normalized spacial score (nSPS) is 19.2. The van der Waals surface area contributed by atoms with Crippen molar-refractivity contribution in [1.29, 1.82) is 0 Å². The number of aromatic nitrogens is 1. The maximum atomic E-state index is 5.99. The molecule has 0 N–H and O–H groups in total. The molecular weight excluding hydrogens is 256 g/mol. The molecule has 0 bridgehead atoms. The molecule has 1 aliphatic heterocycles. The molecule has 3 heteroatoms. The van der Waals surface area contributed by atoms with Crippen LogP contribution in [-0.2, 0) is 19.5 Å². The maximum absolute atomic E-state index is 5.99. The van der Waals surface area contributed by atoms with Crippen LogP contribution < -0.4 is 0 Å². The van der Waals surface area contributed by atoms with E-state index in [1.165, 1.54) is 16.7 Å². The van der Waals surface area contributed by atoms with E-state index in [0.717, 1.165) is 19.5 Å². The van der Waals surface area contributed by atoms with Crippen LogP contribution >= 0.6 is 11.6 Å². The van der Waals surface area contributed by atoms with Crippen LogP contribution in [0.1, 0.15) is 23.6 Å². The Balaban J connectivity index is 1.81. The van der Waals surface area contributed by atoms with Crippen LogP contribution in [0.3, 0.4) is 0 Å². The Morgan fingerprint density at radius 3 is 2.84 bits per heavy atom. The third-order valence-corrected chi connectivity index (χ3v) is 4.00. The van der Waals surface area contributed by atoms with Gasteiger partial charge in [-0.2, -0.15) is 0 Å². The number of hydrogen-bond acceptors (Lipinski definition) is 2. The summed E-state index contributed by atoms with van der Waals surface area (Å²) >= 11 is 5.99. The summed E-state index contributed by atoms with van der Waals surface area (Å²) in [6.45, 7) is 4.22. The van der Waals surface area contributed by atoms with E-state index in [2.05, 4.69) is 47.1 Å². The van der Waals surface area contributed by atoms with E-state index in [0.29, 0.717) is 11.2 Å². The number of fused-ring (bicyclic) bond motifs is 1. The van der Waals surface area contributed by atoms with Crippen LogP contribution in [0.4, 0.5) is 0 Å². The molecule has 1 aromatic carbocycles. The number of hydrogen-bond donors (Lipinski definition) is 0. The van der Waals surface area contributed by atoms with Crippen molar-refractivity contribution < 1.29 is 0 Å². The highest BCUT2D eigenvalue weighted by molar-refractivity contribution is 6.29. The first kappa shape index (κ1) is 12.6. The minimum Gasteiger partial charge on any atom is -0.292 e. The fourth-order valence-electron chi connectivity index (χ4n) is 2.68. The Hall–Kier alpha value is -1.38. The third-order valence-electron chi connectivity index (χ3n) is 3.79. The van der Waals surface area contributed by atoms with E-state index in [4.69, 9.17) is 11.6 Å². The van der Waals surface area contributed by atoms with Crippen molar-refractivity contribution in [1.82, 2.24) is 9.88 Å². The van der Waals surface area contributed by atoms with Crippen molar-refractivity contribution in [2.45, 2.75) is 32.5 Å². The topological polar surface area (TPSA) is 16.1 Å². The van der Waals surface area contributed by atoms with E-state index in [1.54, 1.807) is 0 Å². The molecule has 0 saturated carbocycles. The molecule has 0 aliphatic carbocycles. The molecule has 0 unspecified atom stereocenters. The van der Waals surface area contributed by atoms with Gasteiger partial charge in [0.1, 0.15) is 5.15 Å². The van der Waals surface area contributed by atoms with Gasteiger partial charge >= 0.3 is 0 Å². The Morgan fingerprint density at radius 2 is 2.05 bits per heavy atom. The fourth-order valence-corrected chi connectivity index (χ4v) is 2.86.